The monoisotopic (exact) mass is 430 g/mol. The molecule has 0 saturated heterocycles. The van der Waals surface area contributed by atoms with Gasteiger partial charge in [0.05, 0.1) is 0 Å². The van der Waals surface area contributed by atoms with E-state index in [1.807, 2.05) is 56.0 Å². The highest BCUT2D eigenvalue weighted by Crippen LogP contribution is 2.31. The van der Waals surface area contributed by atoms with Crippen molar-refractivity contribution in [2.75, 3.05) is 11.4 Å². The van der Waals surface area contributed by atoms with E-state index in [4.69, 9.17) is 4.74 Å². The van der Waals surface area contributed by atoms with Gasteiger partial charge in [0.15, 0.2) is 0 Å². The highest BCUT2D eigenvalue weighted by atomic mass is 79.9. The van der Waals surface area contributed by atoms with Crippen LogP contribution in [0.2, 0.25) is 0 Å². The van der Waals surface area contributed by atoms with Crippen LogP contribution in [0.5, 0.6) is 0 Å². The maximum atomic E-state index is 13.0. The first-order chi connectivity index (χ1) is 12.7. The molecule has 0 fully saturated rings. The zero-order valence-corrected chi connectivity index (χ0v) is 17.3. The second-order valence-corrected chi connectivity index (χ2v) is 8.45. The number of hydrogen-bond donors (Lipinski definition) is 1. The van der Waals surface area contributed by atoms with Crippen LogP contribution in [0.25, 0.3) is 0 Å². The van der Waals surface area contributed by atoms with Crippen molar-refractivity contribution in [2.24, 2.45) is 0 Å². The van der Waals surface area contributed by atoms with Crippen molar-refractivity contribution in [3.05, 3.63) is 63.6 Å². The molecular formula is C21H23BrN2O3. The van der Waals surface area contributed by atoms with Gasteiger partial charge in [0, 0.05) is 28.8 Å². The van der Waals surface area contributed by atoms with Crippen LogP contribution in [0.1, 0.15) is 42.3 Å². The van der Waals surface area contributed by atoms with Crippen LogP contribution in [0.4, 0.5) is 10.5 Å². The van der Waals surface area contributed by atoms with Crippen molar-refractivity contribution in [3.63, 3.8) is 0 Å². The number of rotatable bonds is 3. The third-order valence-electron chi connectivity index (χ3n) is 4.19. The molecule has 0 bridgehead atoms. The van der Waals surface area contributed by atoms with E-state index in [1.165, 1.54) is 5.56 Å². The summed E-state index contributed by atoms with van der Waals surface area (Å²) in [5.41, 5.74) is 3.04. The Morgan fingerprint density at radius 1 is 1.19 bits per heavy atom. The summed E-state index contributed by atoms with van der Waals surface area (Å²) >= 11 is 3.48. The minimum atomic E-state index is -0.542. The summed E-state index contributed by atoms with van der Waals surface area (Å²) in [6.45, 7) is 6.43. The van der Waals surface area contributed by atoms with Gasteiger partial charge in [0.1, 0.15) is 5.60 Å². The number of carbonyl (C=O) groups excluding carboxylic acids is 2. The zero-order valence-electron chi connectivity index (χ0n) is 15.7. The van der Waals surface area contributed by atoms with E-state index in [9.17, 15) is 9.59 Å². The van der Waals surface area contributed by atoms with Crippen LogP contribution in [0.3, 0.4) is 0 Å². The number of benzene rings is 2. The van der Waals surface area contributed by atoms with Crippen molar-refractivity contribution in [3.8, 4) is 0 Å². The topological polar surface area (TPSA) is 58.6 Å². The third-order valence-corrected chi connectivity index (χ3v) is 4.69. The number of nitrogens with zero attached hydrogens (tertiary/aromatic N) is 1. The summed E-state index contributed by atoms with van der Waals surface area (Å²) in [6, 6.07) is 13.3. The summed E-state index contributed by atoms with van der Waals surface area (Å²) in [4.78, 5) is 26.6. The Hall–Kier alpha value is -2.34. The molecule has 0 spiro atoms. The molecule has 2 amide bonds. The number of anilines is 1. The van der Waals surface area contributed by atoms with Gasteiger partial charge in [-0.3, -0.25) is 4.79 Å². The quantitative estimate of drug-likeness (QED) is 0.768. The fourth-order valence-corrected chi connectivity index (χ4v) is 3.45. The Morgan fingerprint density at radius 3 is 2.70 bits per heavy atom. The highest BCUT2D eigenvalue weighted by Gasteiger charge is 2.25. The molecule has 0 saturated carbocycles. The normalized spacial score (nSPS) is 13.3. The molecule has 27 heavy (non-hydrogen) atoms. The molecule has 1 aliphatic rings. The zero-order chi connectivity index (χ0) is 19.6. The van der Waals surface area contributed by atoms with Gasteiger partial charge in [-0.1, -0.05) is 28.1 Å². The van der Waals surface area contributed by atoms with Crippen LogP contribution >= 0.6 is 15.9 Å². The molecule has 6 heteroatoms. The van der Waals surface area contributed by atoms with E-state index in [1.54, 1.807) is 6.07 Å². The standard InChI is InChI=1S/C21H23BrN2O3/c1-21(2,3)27-20(26)23-13-14-5-4-6-16(11-14)19(25)24-10-9-15-12-17(22)7-8-18(15)24/h4-8,11-12H,9-10,13H2,1-3H3,(H,23,26). The molecule has 0 aliphatic carbocycles. The van der Waals surface area contributed by atoms with Crippen LogP contribution in [-0.4, -0.2) is 24.1 Å². The van der Waals surface area contributed by atoms with Gasteiger partial charge in [0.25, 0.3) is 5.91 Å². The molecule has 1 heterocycles. The number of alkyl carbamates (subject to hydrolysis) is 1. The summed E-state index contributed by atoms with van der Waals surface area (Å²) < 4.78 is 6.26. The van der Waals surface area contributed by atoms with Crippen molar-refractivity contribution in [1.82, 2.24) is 5.32 Å². The van der Waals surface area contributed by atoms with Crippen LogP contribution in [-0.2, 0) is 17.7 Å². The van der Waals surface area contributed by atoms with E-state index in [0.29, 0.717) is 18.7 Å². The van der Waals surface area contributed by atoms with Crippen molar-refractivity contribution < 1.29 is 14.3 Å². The van der Waals surface area contributed by atoms with Crippen molar-refractivity contribution in [1.29, 1.82) is 0 Å². The largest absolute Gasteiger partial charge is 0.444 e. The molecule has 0 aromatic heterocycles. The molecule has 2 aromatic carbocycles. The lowest BCUT2D eigenvalue weighted by Gasteiger charge is -2.20. The predicted octanol–water partition coefficient (Wildman–Crippen LogP) is 4.68. The highest BCUT2D eigenvalue weighted by molar-refractivity contribution is 9.10. The molecule has 0 atom stereocenters. The number of halogens is 1. The molecule has 1 N–H and O–H groups in total. The first-order valence-corrected chi connectivity index (χ1v) is 9.68. The average Bonchev–Trinajstić information content (AvgIpc) is 3.01. The maximum absolute atomic E-state index is 13.0. The number of nitrogens with one attached hydrogen (secondary N) is 1. The van der Waals surface area contributed by atoms with Gasteiger partial charge in [-0.05, 0) is 68.7 Å². The Morgan fingerprint density at radius 2 is 1.96 bits per heavy atom. The summed E-state index contributed by atoms with van der Waals surface area (Å²) in [5, 5.41) is 2.72. The first-order valence-electron chi connectivity index (χ1n) is 8.89. The number of hydrogen-bond acceptors (Lipinski definition) is 3. The van der Waals surface area contributed by atoms with E-state index >= 15 is 0 Å². The molecule has 3 rings (SSSR count). The van der Waals surface area contributed by atoms with Gasteiger partial charge in [-0.25, -0.2) is 4.79 Å². The summed E-state index contributed by atoms with van der Waals surface area (Å²) in [5.74, 6) is -0.0322. The van der Waals surface area contributed by atoms with Gasteiger partial charge >= 0.3 is 6.09 Å². The third kappa shape index (κ3) is 4.89. The molecule has 0 radical (unpaired) electrons. The lowest BCUT2D eigenvalue weighted by Crippen LogP contribution is -2.32. The SMILES string of the molecule is CC(C)(C)OC(=O)NCc1cccc(C(=O)N2CCc3cc(Br)ccc32)c1. The summed E-state index contributed by atoms with van der Waals surface area (Å²) in [7, 11) is 0. The number of carbonyl (C=O) groups is 2. The van der Waals surface area contributed by atoms with Gasteiger partial charge < -0.3 is 15.0 Å². The molecule has 142 valence electrons. The van der Waals surface area contributed by atoms with Crippen molar-refractivity contribution >= 4 is 33.6 Å². The van der Waals surface area contributed by atoms with Gasteiger partial charge in [-0.2, -0.15) is 0 Å². The lowest BCUT2D eigenvalue weighted by molar-refractivity contribution is 0.0523. The smallest absolute Gasteiger partial charge is 0.407 e. The molecule has 5 nitrogen and oxygen atoms in total. The van der Waals surface area contributed by atoms with E-state index in [0.717, 1.165) is 22.1 Å². The first kappa shape index (κ1) is 19.4. The minimum Gasteiger partial charge on any atom is -0.444 e. The number of amides is 2. The van der Waals surface area contributed by atoms with E-state index in [-0.39, 0.29) is 5.91 Å². The van der Waals surface area contributed by atoms with Crippen LogP contribution < -0.4 is 10.2 Å². The second kappa shape index (κ2) is 7.72. The number of ether oxygens (including phenoxy) is 1. The predicted molar refractivity (Wildman–Crippen MR) is 109 cm³/mol. The Labute approximate surface area is 167 Å². The fourth-order valence-electron chi connectivity index (χ4n) is 3.04. The minimum absolute atomic E-state index is 0.0322. The summed E-state index contributed by atoms with van der Waals surface area (Å²) in [6.07, 6.45) is 0.374. The van der Waals surface area contributed by atoms with Crippen molar-refractivity contribution in [2.45, 2.75) is 39.3 Å². The Balaban J connectivity index is 1.69. The van der Waals surface area contributed by atoms with Gasteiger partial charge in [0.2, 0.25) is 0 Å². The Kier molecular flexibility index (Phi) is 5.56. The maximum Gasteiger partial charge on any atom is 0.407 e. The van der Waals surface area contributed by atoms with Crippen LogP contribution in [0, 0.1) is 0 Å². The molecule has 2 aromatic rings. The fraction of sp³-hybridized carbons (Fsp3) is 0.333. The number of fused-ring (bicyclic) bond motifs is 1. The average molecular weight is 431 g/mol. The van der Waals surface area contributed by atoms with Crippen LogP contribution in [0.15, 0.2) is 46.9 Å². The molecule has 1 aliphatic heterocycles. The molecule has 0 unspecified atom stereocenters. The molecular weight excluding hydrogens is 408 g/mol. The second-order valence-electron chi connectivity index (χ2n) is 7.54. The lowest BCUT2D eigenvalue weighted by atomic mass is 10.1. The van der Waals surface area contributed by atoms with E-state index in [2.05, 4.69) is 27.3 Å². The Bertz CT molecular complexity index is 874. The van der Waals surface area contributed by atoms with E-state index < -0.39 is 11.7 Å². The van der Waals surface area contributed by atoms with Gasteiger partial charge in [-0.15, -0.1) is 0 Å².